The van der Waals surface area contributed by atoms with Crippen LogP contribution >= 0.6 is 24.2 Å². The highest BCUT2D eigenvalue weighted by Gasteiger charge is 2.23. The molecule has 1 aliphatic rings. The highest BCUT2D eigenvalue weighted by atomic mass is 35.5. The maximum absolute atomic E-state index is 10.6. The molecule has 0 aliphatic carbocycles. The number of ether oxygens (including phenoxy) is 1. The number of aliphatic hydroxyl groups excluding tert-OH is 1. The zero-order chi connectivity index (χ0) is 23.5. The lowest BCUT2D eigenvalue weighted by molar-refractivity contribution is 0.0599. The molecule has 1 atom stereocenters. The number of aryl methyl sites for hydroxylation is 1. The molecule has 0 bridgehead atoms. The molecule has 0 saturated carbocycles. The maximum Gasteiger partial charge on any atom is 0.283 e. The van der Waals surface area contributed by atoms with Gasteiger partial charge in [0.05, 0.1) is 5.39 Å². The van der Waals surface area contributed by atoms with Gasteiger partial charge >= 0.3 is 0 Å². The van der Waals surface area contributed by atoms with E-state index in [4.69, 9.17) is 13.6 Å². The van der Waals surface area contributed by atoms with Crippen LogP contribution in [0.1, 0.15) is 30.2 Å². The molecule has 186 valence electrons. The number of halogens is 1. The monoisotopic (exact) mass is 515 g/mol. The third kappa shape index (κ3) is 6.01. The molecular formula is C26H30ClN3O4S. The quantitative estimate of drug-likeness (QED) is 0.305. The fraction of sp³-hybridized carbons (Fsp3) is 0.385. The predicted molar refractivity (Wildman–Crippen MR) is 140 cm³/mol. The number of hydrogen-bond donors (Lipinski definition) is 1. The van der Waals surface area contributed by atoms with Crippen molar-refractivity contribution in [1.82, 2.24) is 15.1 Å². The summed E-state index contributed by atoms with van der Waals surface area (Å²) >= 11 is 1.77. The minimum atomic E-state index is -0.572. The van der Waals surface area contributed by atoms with E-state index in [1.54, 1.807) is 18.7 Å². The lowest BCUT2D eigenvalue weighted by Gasteiger charge is -2.33. The minimum Gasteiger partial charge on any atom is -0.490 e. The summed E-state index contributed by atoms with van der Waals surface area (Å²) in [5.41, 5.74) is 2.09. The van der Waals surface area contributed by atoms with Gasteiger partial charge in [-0.15, -0.1) is 34.4 Å². The molecule has 35 heavy (non-hydrogen) atoms. The van der Waals surface area contributed by atoms with Crippen LogP contribution in [0.4, 0.5) is 0 Å². The van der Waals surface area contributed by atoms with E-state index in [1.165, 1.54) is 10.5 Å². The van der Waals surface area contributed by atoms with E-state index in [1.807, 2.05) is 24.3 Å². The number of likely N-dealkylation sites (tertiary alicyclic amines) is 1. The van der Waals surface area contributed by atoms with Gasteiger partial charge in [-0.1, -0.05) is 18.2 Å². The summed E-state index contributed by atoms with van der Waals surface area (Å²) in [4.78, 5) is 3.63. The molecule has 7 nitrogen and oxygen atoms in total. The molecule has 1 fully saturated rings. The van der Waals surface area contributed by atoms with Gasteiger partial charge in [0.25, 0.3) is 5.89 Å². The van der Waals surface area contributed by atoms with E-state index in [0.29, 0.717) is 41.3 Å². The molecule has 0 radical (unpaired) electrons. The lowest BCUT2D eigenvalue weighted by atomic mass is 9.89. The van der Waals surface area contributed by atoms with E-state index in [9.17, 15) is 5.11 Å². The van der Waals surface area contributed by atoms with Crippen LogP contribution in [-0.2, 0) is 0 Å². The van der Waals surface area contributed by atoms with Gasteiger partial charge in [-0.25, -0.2) is 0 Å². The number of furan rings is 1. The van der Waals surface area contributed by atoms with Crippen molar-refractivity contribution in [2.24, 2.45) is 0 Å². The molecule has 1 N–H and O–H groups in total. The van der Waals surface area contributed by atoms with E-state index in [0.717, 1.165) is 31.3 Å². The van der Waals surface area contributed by atoms with Crippen LogP contribution in [0.15, 0.2) is 62.3 Å². The second-order valence-corrected chi connectivity index (χ2v) is 9.60. The van der Waals surface area contributed by atoms with Crippen LogP contribution in [-0.4, -0.2) is 58.8 Å². The average Bonchev–Trinajstić information content (AvgIpc) is 3.50. The van der Waals surface area contributed by atoms with Gasteiger partial charge in [0, 0.05) is 24.4 Å². The second kappa shape index (κ2) is 11.5. The third-order valence-corrected chi connectivity index (χ3v) is 7.08. The molecule has 2 aromatic carbocycles. The smallest absolute Gasteiger partial charge is 0.283 e. The zero-order valence-corrected chi connectivity index (χ0v) is 21.5. The van der Waals surface area contributed by atoms with E-state index >= 15 is 0 Å². The summed E-state index contributed by atoms with van der Waals surface area (Å²) < 4.78 is 17.3. The van der Waals surface area contributed by atoms with E-state index in [2.05, 4.69) is 45.6 Å². The van der Waals surface area contributed by atoms with Crippen molar-refractivity contribution in [3.8, 4) is 17.4 Å². The number of rotatable bonds is 8. The highest BCUT2D eigenvalue weighted by molar-refractivity contribution is 7.98. The van der Waals surface area contributed by atoms with Crippen molar-refractivity contribution < 1.29 is 18.7 Å². The van der Waals surface area contributed by atoms with E-state index < -0.39 is 6.10 Å². The van der Waals surface area contributed by atoms with Crippen LogP contribution in [0.25, 0.3) is 22.6 Å². The van der Waals surface area contributed by atoms with Crippen LogP contribution in [0.2, 0.25) is 0 Å². The van der Waals surface area contributed by atoms with Gasteiger partial charge in [0.1, 0.15) is 24.0 Å². The Labute approximate surface area is 215 Å². The fourth-order valence-electron chi connectivity index (χ4n) is 4.52. The van der Waals surface area contributed by atoms with E-state index in [-0.39, 0.29) is 19.0 Å². The van der Waals surface area contributed by atoms with Crippen LogP contribution < -0.4 is 4.74 Å². The number of nitrogens with zero attached hydrogens (tertiary/aromatic N) is 3. The minimum absolute atomic E-state index is 0. The Morgan fingerprint density at radius 2 is 1.89 bits per heavy atom. The number of thioether (sulfide) groups is 1. The number of benzene rings is 2. The molecule has 0 spiro atoms. The van der Waals surface area contributed by atoms with Gasteiger partial charge in [-0.05, 0) is 67.9 Å². The number of β-amino-alcohol motifs (C(OH)–C–C–N with tert-alkyl or cyclic N) is 1. The first kappa shape index (κ1) is 25.6. The van der Waals surface area contributed by atoms with Crippen molar-refractivity contribution >= 4 is 35.1 Å². The number of aliphatic hydroxyl groups is 1. The van der Waals surface area contributed by atoms with Crippen LogP contribution in [0.5, 0.6) is 5.75 Å². The molecule has 1 saturated heterocycles. The predicted octanol–water partition coefficient (Wildman–Crippen LogP) is 5.55. The SMILES string of the molecule is CSc1ccc(C2CCN(C[C@H](O)COc3cccc4oc(-c5nnc(C)o5)cc34)CC2)cc1.Cl. The van der Waals surface area contributed by atoms with Crippen molar-refractivity contribution in [3.63, 3.8) is 0 Å². The summed E-state index contributed by atoms with van der Waals surface area (Å²) in [7, 11) is 0. The van der Waals surface area contributed by atoms with Crippen molar-refractivity contribution in [1.29, 1.82) is 0 Å². The molecule has 4 aromatic rings. The summed E-state index contributed by atoms with van der Waals surface area (Å²) in [6.07, 6.45) is 3.75. The first-order valence-corrected chi connectivity index (χ1v) is 12.8. The van der Waals surface area contributed by atoms with Gasteiger partial charge in [-0.2, -0.15) is 0 Å². The molecule has 0 unspecified atom stereocenters. The molecule has 9 heteroatoms. The van der Waals surface area contributed by atoms with Gasteiger partial charge in [0.2, 0.25) is 5.89 Å². The van der Waals surface area contributed by atoms with Crippen molar-refractivity contribution in [2.45, 2.75) is 36.7 Å². The molecule has 5 rings (SSSR count). The van der Waals surface area contributed by atoms with Crippen LogP contribution in [0, 0.1) is 6.92 Å². The third-order valence-electron chi connectivity index (χ3n) is 6.33. The van der Waals surface area contributed by atoms with Gasteiger partial charge < -0.3 is 23.6 Å². The molecule has 3 heterocycles. The fourth-order valence-corrected chi connectivity index (χ4v) is 4.93. The Bertz CT molecular complexity index is 1240. The molecule has 1 aliphatic heterocycles. The Kier molecular flexibility index (Phi) is 8.38. The topological polar surface area (TPSA) is 84.8 Å². The number of fused-ring (bicyclic) bond motifs is 1. The Morgan fingerprint density at radius 1 is 1.11 bits per heavy atom. The first-order chi connectivity index (χ1) is 16.6. The average molecular weight is 516 g/mol. The molecule has 0 amide bonds. The Balaban J connectivity index is 0.00000289. The molecule has 2 aromatic heterocycles. The maximum atomic E-state index is 10.6. The Morgan fingerprint density at radius 3 is 2.57 bits per heavy atom. The largest absolute Gasteiger partial charge is 0.490 e. The highest BCUT2D eigenvalue weighted by Crippen LogP contribution is 2.33. The summed E-state index contributed by atoms with van der Waals surface area (Å²) in [6, 6.07) is 16.4. The Hall–Kier alpha value is -2.52. The van der Waals surface area contributed by atoms with Gasteiger partial charge in [-0.3, -0.25) is 0 Å². The normalized spacial score (nSPS) is 15.7. The van der Waals surface area contributed by atoms with Crippen molar-refractivity contribution in [2.75, 3.05) is 32.5 Å². The first-order valence-electron chi connectivity index (χ1n) is 11.6. The number of aromatic nitrogens is 2. The lowest BCUT2D eigenvalue weighted by Crippen LogP contribution is -2.40. The second-order valence-electron chi connectivity index (χ2n) is 8.72. The summed E-state index contributed by atoms with van der Waals surface area (Å²) in [5, 5.41) is 19.3. The number of hydrogen-bond acceptors (Lipinski definition) is 8. The number of piperidine rings is 1. The van der Waals surface area contributed by atoms with Crippen molar-refractivity contribution in [3.05, 3.63) is 60.0 Å². The van der Waals surface area contributed by atoms with Gasteiger partial charge in [0.15, 0.2) is 5.76 Å². The summed E-state index contributed by atoms with van der Waals surface area (Å²) in [5.74, 6) is 2.57. The zero-order valence-electron chi connectivity index (χ0n) is 19.8. The summed E-state index contributed by atoms with van der Waals surface area (Å²) in [6.45, 7) is 4.52. The van der Waals surface area contributed by atoms with Crippen LogP contribution in [0.3, 0.4) is 0 Å². The standard InChI is InChI=1S/C26H29N3O4S.ClH/c1-17-27-28-26(32-17)25-14-22-23(4-3-5-24(22)33-25)31-16-20(30)15-29-12-10-19(11-13-29)18-6-8-21(34-2)9-7-18;/h3-9,14,19-20,30H,10-13,15-16H2,1-2H3;1H/t20-;/m0./s1. The molecular weight excluding hydrogens is 486 g/mol.